The number of phenols is 3. The van der Waals surface area contributed by atoms with Crippen LogP contribution >= 0.6 is 11.6 Å². The van der Waals surface area contributed by atoms with E-state index in [2.05, 4.69) is 142 Å². The van der Waals surface area contributed by atoms with E-state index in [9.17, 15) is 15.3 Å². The molecule has 64 heavy (non-hydrogen) atoms. The molecule has 12 bridgehead atoms. The van der Waals surface area contributed by atoms with Crippen LogP contribution in [0.1, 0.15) is 161 Å². The summed E-state index contributed by atoms with van der Waals surface area (Å²) in [6.45, 7) is 29.2. The summed E-state index contributed by atoms with van der Waals surface area (Å²) in [5, 5.41) is 44.0. The Hall–Kier alpha value is -4.69. The van der Waals surface area contributed by atoms with Gasteiger partial charge in [-0.1, -0.05) is 143 Å². The highest BCUT2D eigenvalue weighted by Gasteiger charge is 2.29. The van der Waals surface area contributed by atoms with E-state index in [0.717, 1.165) is 78.3 Å². The Morgan fingerprint density at radius 2 is 0.641 bits per heavy atom. The van der Waals surface area contributed by atoms with E-state index in [4.69, 9.17) is 21.1 Å². The van der Waals surface area contributed by atoms with Crippen molar-refractivity contribution in [3.05, 3.63) is 144 Å². The second kappa shape index (κ2) is 17.9. The molecule has 1 aliphatic carbocycles. The summed E-state index contributed by atoms with van der Waals surface area (Å²) in [6.07, 6.45) is 1.73. The van der Waals surface area contributed by atoms with E-state index in [-0.39, 0.29) is 38.9 Å². The first-order valence-corrected chi connectivity index (χ1v) is 23.4. The lowest BCUT2D eigenvalue weighted by Crippen LogP contribution is -2.23. The smallest absolute Gasteiger partial charge is 0.126 e. The van der Waals surface area contributed by atoms with Crippen LogP contribution in [0.25, 0.3) is 0 Å². The predicted molar refractivity (Wildman–Crippen MR) is 263 cm³/mol. The second-order valence-electron chi connectivity index (χ2n) is 22.4. The molecule has 5 N–H and O–H groups in total. The third-order valence-electron chi connectivity index (χ3n) is 12.9. The number of nitrogens with one attached hydrogen (secondary N) is 2. The summed E-state index contributed by atoms with van der Waals surface area (Å²) in [7, 11) is 0. The molecule has 0 amide bonds. The van der Waals surface area contributed by atoms with Crippen LogP contribution in [0.4, 0.5) is 0 Å². The first-order chi connectivity index (χ1) is 29.9. The minimum absolute atomic E-state index is 0.197. The van der Waals surface area contributed by atoms with Crippen molar-refractivity contribution < 1.29 is 24.8 Å². The summed E-state index contributed by atoms with van der Waals surface area (Å²) >= 11 is 6.62. The highest BCUT2D eigenvalue weighted by Crippen LogP contribution is 2.44. The molecule has 0 aromatic heterocycles. The summed E-state index contributed by atoms with van der Waals surface area (Å²) in [5.41, 5.74) is 12.4. The number of phenolic OH excluding ortho intramolecular Hbond substituents is 3. The van der Waals surface area contributed by atoms with Crippen molar-refractivity contribution in [2.45, 2.75) is 144 Å². The maximum absolute atomic E-state index is 12.6. The molecule has 0 fully saturated rings. The van der Waals surface area contributed by atoms with Crippen molar-refractivity contribution in [2.24, 2.45) is 0 Å². The zero-order valence-corrected chi connectivity index (χ0v) is 41.1. The summed E-state index contributed by atoms with van der Waals surface area (Å²) < 4.78 is 13.9. The summed E-state index contributed by atoms with van der Waals surface area (Å²) in [5.74, 6) is 2.28. The van der Waals surface area contributed by atoms with Gasteiger partial charge in [-0.15, -0.1) is 0 Å². The quantitative estimate of drug-likeness (QED) is 0.104. The molecule has 8 heteroatoms. The van der Waals surface area contributed by atoms with Gasteiger partial charge in [0.2, 0.25) is 0 Å². The number of hydrogen-bond acceptors (Lipinski definition) is 7. The van der Waals surface area contributed by atoms with Gasteiger partial charge in [-0.2, -0.15) is 0 Å². The predicted octanol–water partition coefficient (Wildman–Crippen LogP) is 12.0. The van der Waals surface area contributed by atoms with E-state index in [1.807, 2.05) is 0 Å². The molecule has 8 rings (SSSR count). The van der Waals surface area contributed by atoms with Crippen LogP contribution in [-0.4, -0.2) is 41.6 Å². The minimum Gasteiger partial charge on any atom is -0.507 e. The molecule has 3 aliphatic rings. The Kier molecular flexibility index (Phi) is 13.3. The molecule has 0 saturated heterocycles. The average molecular weight is 888 g/mol. The van der Waals surface area contributed by atoms with Crippen LogP contribution in [0.3, 0.4) is 0 Å². The van der Waals surface area contributed by atoms with Crippen LogP contribution in [0.5, 0.6) is 28.7 Å². The van der Waals surface area contributed by atoms with Crippen LogP contribution in [0.2, 0.25) is 5.02 Å². The van der Waals surface area contributed by atoms with Gasteiger partial charge in [0.1, 0.15) is 42.0 Å². The van der Waals surface area contributed by atoms with E-state index < -0.39 is 0 Å². The zero-order chi connectivity index (χ0) is 46.5. The van der Waals surface area contributed by atoms with Gasteiger partial charge in [-0.05, 0) is 101 Å². The average Bonchev–Trinajstić information content (AvgIpc) is 3.17. The molecule has 7 nitrogen and oxygen atoms in total. The van der Waals surface area contributed by atoms with Gasteiger partial charge in [0, 0.05) is 68.0 Å². The standard InChI is InChI=1S/C56H71ClN2O5/c1-53(2,3)43-21-33-17-37-25-45(55(7,8)9)27-39-19-35-23-44(54(4,5)6)24-36(49(35)61)20-40-28-46(56(10,11)12)26-38(18-34(22-43)48(33)60)52(40)64-16-14-59-32-42-30-47(57)29-41(50(42)62)31-58-13-15-63-51(37)39/h21-30,58-62H,13-20,31-32H2,1-12H3. The lowest BCUT2D eigenvalue weighted by molar-refractivity contribution is 0.306. The molecule has 2 aliphatic heterocycles. The number of aromatic hydroxyl groups is 3. The van der Waals surface area contributed by atoms with Crippen LogP contribution in [0.15, 0.2) is 60.7 Å². The fourth-order valence-corrected chi connectivity index (χ4v) is 9.16. The second-order valence-corrected chi connectivity index (χ2v) is 22.8. The number of hydrogen-bond donors (Lipinski definition) is 5. The van der Waals surface area contributed by atoms with Crippen molar-refractivity contribution in [2.75, 3.05) is 26.3 Å². The summed E-state index contributed by atoms with van der Waals surface area (Å²) in [4.78, 5) is 0. The Balaban J connectivity index is 1.55. The molecule has 0 unspecified atom stereocenters. The number of fused-ring (bicyclic) bond motifs is 8. The topological polar surface area (TPSA) is 103 Å². The van der Waals surface area contributed by atoms with E-state index >= 15 is 0 Å². The van der Waals surface area contributed by atoms with Gasteiger partial charge >= 0.3 is 0 Å². The third-order valence-corrected chi connectivity index (χ3v) is 13.1. The molecular formula is C56H71ClN2O5. The fourth-order valence-electron chi connectivity index (χ4n) is 8.90. The van der Waals surface area contributed by atoms with E-state index in [1.165, 1.54) is 0 Å². The van der Waals surface area contributed by atoms with E-state index in [0.29, 0.717) is 81.2 Å². The highest BCUT2D eigenvalue weighted by atomic mass is 35.5. The Labute approximate surface area is 387 Å². The molecule has 0 radical (unpaired) electrons. The monoisotopic (exact) mass is 887 g/mol. The molecule has 5 aromatic rings. The van der Waals surface area contributed by atoms with Crippen LogP contribution in [0, 0.1) is 0 Å². The van der Waals surface area contributed by atoms with Gasteiger partial charge in [-0.3, -0.25) is 0 Å². The Bertz CT molecular complexity index is 2280. The third kappa shape index (κ3) is 10.5. The van der Waals surface area contributed by atoms with Crippen molar-refractivity contribution in [3.63, 3.8) is 0 Å². The van der Waals surface area contributed by atoms with Crippen LogP contribution in [-0.2, 0) is 60.4 Å². The minimum atomic E-state index is -0.203. The number of ether oxygens (including phenoxy) is 2. The van der Waals surface area contributed by atoms with Crippen molar-refractivity contribution in [1.82, 2.24) is 10.6 Å². The van der Waals surface area contributed by atoms with Crippen molar-refractivity contribution in [3.8, 4) is 28.7 Å². The largest absolute Gasteiger partial charge is 0.507 e. The van der Waals surface area contributed by atoms with Crippen LogP contribution < -0.4 is 20.1 Å². The highest BCUT2D eigenvalue weighted by molar-refractivity contribution is 6.30. The molecule has 0 spiro atoms. The molecular weight excluding hydrogens is 816 g/mol. The van der Waals surface area contributed by atoms with Crippen molar-refractivity contribution >= 4 is 11.6 Å². The molecule has 5 aromatic carbocycles. The number of halogens is 1. The molecule has 0 saturated carbocycles. The maximum atomic E-state index is 12.6. The first-order valence-electron chi connectivity index (χ1n) is 23.1. The molecule has 342 valence electrons. The first kappa shape index (κ1) is 47.3. The van der Waals surface area contributed by atoms with Gasteiger partial charge in [0.15, 0.2) is 0 Å². The number of rotatable bonds is 0. The Morgan fingerprint density at radius 3 is 0.906 bits per heavy atom. The van der Waals surface area contributed by atoms with Gasteiger partial charge < -0.3 is 35.4 Å². The van der Waals surface area contributed by atoms with Crippen molar-refractivity contribution in [1.29, 1.82) is 0 Å². The van der Waals surface area contributed by atoms with Gasteiger partial charge in [0.05, 0.1) is 0 Å². The lowest BCUT2D eigenvalue weighted by atomic mass is 9.79. The van der Waals surface area contributed by atoms with Gasteiger partial charge in [-0.25, -0.2) is 0 Å². The molecule has 2 heterocycles. The van der Waals surface area contributed by atoms with Gasteiger partial charge in [0.25, 0.3) is 0 Å². The Morgan fingerprint density at radius 1 is 0.391 bits per heavy atom. The van der Waals surface area contributed by atoms with E-state index in [1.54, 1.807) is 12.1 Å². The SMILES string of the molecule is CC(C)(C)c1cc2c(O)c(c1)Cc1cc(C(C)(C)C)cc3c1OCCNCc1cc(Cl)cc(c1O)CNCCOc1c(cc(C(C)(C)C)cc1Cc1cc(C(C)(C)C)cc(c1O)C3)C2. The summed E-state index contributed by atoms with van der Waals surface area (Å²) in [6, 6.07) is 21.3. The zero-order valence-electron chi connectivity index (χ0n) is 40.4. The number of benzene rings is 5. The molecule has 0 atom stereocenters. The normalized spacial score (nSPS) is 15.6. The fraction of sp³-hybridized carbons (Fsp3) is 0.464. The lowest BCUT2D eigenvalue weighted by Gasteiger charge is -2.28. The maximum Gasteiger partial charge on any atom is 0.126 e.